The number of halogens is 1. The predicted molar refractivity (Wildman–Crippen MR) is 101 cm³/mol. The molecule has 2 aromatic rings. The Morgan fingerprint density at radius 1 is 1.44 bits per heavy atom. The van der Waals surface area contributed by atoms with Crippen LogP contribution >= 0.6 is 11.6 Å². The molecule has 2 aromatic heterocycles. The molecule has 0 radical (unpaired) electrons. The van der Waals surface area contributed by atoms with Crippen molar-refractivity contribution < 1.29 is 4.21 Å². The SMILES string of the molecule is N#CCn1nc(Cl)c2c(NCC3CCN(S(N)(=O)=NC#N)CC3)ccnc21. The Bertz CT molecular complexity index is 1040. The molecule has 142 valence electrons. The minimum atomic E-state index is -3.10. The zero-order valence-electron chi connectivity index (χ0n) is 14.4. The van der Waals surface area contributed by atoms with E-state index in [4.69, 9.17) is 27.3 Å². The number of nitrogens with two attached hydrogens (primary N) is 1. The van der Waals surface area contributed by atoms with Crippen LogP contribution < -0.4 is 10.5 Å². The quantitative estimate of drug-likeness (QED) is 0.716. The molecule has 1 aliphatic rings. The summed E-state index contributed by atoms with van der Waals surface area (Å²) in [5.41, 5.74) is 1.36. The number of fused-ring (bicyclic) bond motifs is 1. The van der Waals surface area contributed by atoms with Gasteiger partial charge in [-0.05, 0) is 24.8 Å². The maximum absolute atomic E-state index is 12.1. The zero-order valence-corrected chi connectivity index (χ0v) is 15.9. The third-order valence-corrected chi connectivity index (χ3v) is 6.22. The minimum absolute atomic E-state index is 0.0737. The summed E-state index contributed by atoms with van der Waals surface area (Å²) in [5, 5.41) is 31.6. The Balaban J connectivity index is 1.67. The van der Waals surface area contributed by atoms with Gasteiger partial charge in [0.25, 0.3) is 0 Å². The molecule has 1 fully saturated rings. The highest BCUT2D eigenvalue weighted by molar-refractivity contribution is 7.89. The van der Waals surface area contributed by atoms with Gasteiger partial charge in [0.15, 0.2) is 20.9 Å². The van der Waals surface area contributed by atoms with Gasteiger partial charge in [0.05, 0.1) is 11.5 Å². The highest BCUT2D eigenvalue weighted by Gasteiger charge is 2.25. The van der Waals surface area contributed by atoms with Crippen LogP contribution in [0.1, 0.15) is 12.8 Å². The summed E-state index contributed by atoms with van der Waals surface area (Å²) in [6.07, 6.45) is 4.72. The van der Waals surface area contributed by atoms with Crippen molar-refractivity contribution in [1.29, 1.82) is 10.5 Å². The van der Waals surface area contributed by atoms with Gasteiger partial charge >= 0.3 is 0 Å². The van der Waals surface area contributed by atoms with Crippen molar-refractivity contribution in [3.05, 3.63) is 17.4 Å². The van der Waals surface area contributed by atoms with Crippen LogP contribution in [-0.4, -0.2) is 42.9 Å². The van der Waals surface area contributed by atoms with Crippen molar-refractivity contribution in [2.45, 2.75) is 19.4 Å². The Labute approximate surface area is 162 Å². The molecule has 3 heterocycles. The van der Waals surface area contributed by atoms with Gasteiger partial charge in [-0.3, -0.25) is 0 Å². The number of rotatable bonds is 5. The average Bonchev–Trinajstić information content (AvgIpc) is 2.97. The van der Waals surface area contributed by atoms with E-state index in [9.17, 15) is 4.21 Å². The molecule has 27 heavy (non-hydrogen) atoms. The van der Waals surface area contributed by atoms with Gasteiger partial charge in [-0.1, -0.05) is 16.0 Å². The third kappa shape index (κ3) is 4.12. The molecule has 10 nitrogen and oxygen atoms in total. The number of hydrogen-bond donors (Lipinski definition) is 2. The van der Waals surface area contributed by atoms with E-state index < -0.39 is 10.1 Å². The van der Waals surface area contributed by atoms with Crippen molar-refractivity contribution in [3.8, 4) is 12.3 Å². The minimum Gasteiger partial charge on any atom is -0.384 e. The highest BCUT2D eigenvalue weighted by Crippen LogP contribution is 2.29. The number of hydrogen-bond acceptors (Lipinski definition) is 7. The van der Waals surface area contributed by atoms with Gasteiger partial charge < -0.3 is 5.32 Å². The number of nitriles is 2. The number of pyridine rings is 1. The molecule has 12 heteroatoms. The second kappa shape index (κ2) is 8.06. The van der Waals surface area contributed by atoms with Crippen LogP contribution in [0.3, 0.4) is 0 Å². The lowest BCUT2D eigenvalue weighted by molar-refractivity contribution is 0.290. The molecule has 3 N–H and O–H groups in total. The van der Waals surface area contributed by atoms with Gasteiger partial charge in [0, 0.05) is 31.5 Å². The summed E-state index contributed by atoms with van der Waals surface area (Å²) in [6, 6.07) is 3.85. The molecule has 1 saturated heterocycles. The molecule has 0 spiro atoms. The van der Waals surface area contributed by atoms with Crippen molar-refractivity contribution in [3.63, 3.8) is 0 Å². The molecule has 0 aromatic carbocycles. The second-order valence-corrected chi connectivity index (χ2v) is 8.28. The summed E-state index contributed by atoms with van der Waals surface area (Å²) in [6.45, 7) is 1.79. The van der Waals surface area contributed by atoms with E-state index in [1.54, 1.807) is 10.5 Å². The van der Waals surface area contributed by atoms with Gasteiger partial charge in [0.2, 0.25) is 6.19 Å². The van der Waals surface area contributed by atoms with Gasteiger partial charge in [-0.15, -0.1) is 0 Å². The molecule has 3 rings (SSSR count). The maximum Gasteiger partial charge on any atom is 0.216 e. The Hall–Kier alpha value is -2.44. The topological polar surface area (TPSA) is 149 Å². The van der Waals surface area contributed by atoms with Crippen molar-refractivity contribution in [2.24, 2.45) is 15.4 Å². The molecule has 0 aliphatic carbocycles. The first kappa shape index (κ1) is 19.3. The number of anilines is 1. The van der Waals surface area contributed by atoms with Crippen molar-refractivity contribution in [1.82, 2.24) is 19.1 Å². The number of aromatic nitrogens is 3. The van der Waals surface area contributed by atoms with E-state index in [1.165, 1.54) is 10.9 Å². The molecular weight excluding hydrogens is 390 g/mol. The largest absolute Gasteiger partial charge is 0.384 e. The summed E-state index contributed by atoms with van der Waals surface area (Å²) in [4.78, 5) is 4.27. The van der Waals surface area contributed by atoms with Crippen LogP contribution in [0.25, 0.3) is 11.0 Å². The van der Waals surface area contributed by atoms with Crippen molar-refractivity contribution in [2.75, 3.05) is 25.0 Å². The predicted octanol–water partition coefficient (Wildman–Crippen LogP) is 1.47. The highest BCUT2D eigenvalue weighted by atomic mass is 35.5. The first-order chi connectivity index (χ1) is 13.0. The van der Waals surface area contributed by atoms with E-state index in [0.29, 0.717) is 41.7 Å². The van der Waals surface area contributed by atoms with E-state index in [-0.39, 0.29) is 6.54 Å². The maximum atomic E-state index is 12.1. The standard InChI is InChI=1S/C15H18ClN9OS/c16-14-13-12(1-5-20-15(13)25(23-14)8-4-17)21-9-11-2-6-24(7-3-11)27(19,26)22-10-18/h1,5,11H,2-3,6-9H2,(H,20,21)(H2,19,22,26). The molecule has 0 saturated carbocycles. The first-order valence-corrected chi connectivity index (χ1v) is 10.2. The van der Waals surface area contributed by atoms with Gasteiger partial charge in [-0.2, -0.15) is 15.6 Å². The van der Waals surface area contributed by atoms with Crippen LogP contribution in [-0.2, 0) is 16.6 Å². The Kier molecular flexibility index (Phi) is 5.77. The lowest BCUT2D eigenvalue weighted by atomic mass is 9.98. The fraction of sp³-hybridized carbons (Fsp3) is 0.467. The van der Waals surface area contributed by atoms with Crippen LogP contribution in [0, 0.1) is 28.7 Å². The molecule has 0 bridgehead atoms. The summed E-state index contributed by atoms with van der Waals surface area (Å²) in [7, 11) is -3.10. The number of nitrogens with one attached hydrogen (secondary N) is 1. The Morgan fingerprint density at radius 2 is 2.19 bits per heavy atom. The fourth-order valence-corrected chi connectivity index (χ4v) is 4.37. The number of nitrogens with zero attached hydrogens (tertiary/aromatic N) is 7. The monoisotopic (exact) mass is 407 g/mol. The molecule has 0 amide bonds. The molecule has 1 aliphatic heterocycles. The normalized spacial score (nSPS) is 17.8. The fourth-order valence-electron chi connectivity index (χ4n) is 3.12. The average molecular weight is 408 g/mol. The summed E-state index contributed by atoms with van der Waals surface area (Å²) in [5.74, 6) is 0.342. The van der Waals surface area contributed by atoms with E-state index in [1.807, 2.05) is 12.1 Å². The lowest BCUT2D eigenvalue weighted by Crippen LogP contribution is -2.43. The lowest BCUT2D eigenvalue weighted by Gasteiger charge is -2.31. The first-order valence-electron chi connectivity index (χ1n) is 8.26. The smallest absolute Gasteiger partial charge is 0.216 e. The van der Waals surface area contributed by atoms with Gasteiger partial charge in [0.1, 0.15) is 6.54 Å². The van der Waals surface area contributed by atoms with E-state index in [0.717, 1.165) is 18.5 Å². The van der Waals surface area contributed by atoms with Crippen LogP contribution in [0.2, 0.25) is 5.15 Å². The summed E-state index contributed by atoms with van der Waals surface area (Å²) >= 11 is 6.23. The Morgan fingerprint density at radius 3 is 2.85 bits per heavy atom. The van der Waals surface area contributed by atoms with Crippen LogP contribution in [0.4, 0.5) is 5.69 Å². The van der Waals surface area contributed by atoms with Crippen molar-refractivity contribution >= 4 is 38.4 Å². The molecule has 1 atom stereocenters. The third-order valence-electron chi connectivity index (χ3n) is 4.51. The zero-order chi connectivity index (χ0) is 19.4. The van der Waals surface area contributed by atoms with Crippen LogP contribution in [0.5, 0.6) is 0 Å². The number of piperidine rings is 1. The summed E-state index contributed by atoms with van der Waals surface area (Å²) < 4.78 is 18.5. The second-order valence-electron chi connectivity index (χ2n) is 6.15. The molecule has 1 unspecified atom stereocenters. The van der Waals surface area contributed by atoms with Crippen LogP contribution in [0.15, 0.2) is 16.6 Å². The van der Waals surface area contributed by atoms with E-state index >= 15 is 0 Å². The van der Waals surface area contributed by atoms with E-state index in [2.05, 4.69) is 19.8 Å². The van der Waals surface area contributed by atoms with Gasteiger partial charge in [-0.25, -0.2) is 23.3 Å². The molecular formula is C15H18ClN9OS.